The van der Waals surface area contributed by atoms with Gasteiger partial charge in [-0.3, -0.25) is 4.99 Å². The number of nitrogens with one attached hydrogen (secondary N) is 2. The number of aromatic nitrogens is 3. The Labute approximate surface area is 152 Å². The molecule has 2 aromatic heterocycles. The van der Waals surface area contributed by atoms with E-state index in [9.17, 15) is 0 Å². The van der Waals surface area contributed by atoms with Crippen LogP contribution in [0.3, 0.4) is 0 Å². The smallest absolute Gasteiger partial charge is 0.191 e. The van der Waals surface area contributed by atoms with Gasteiger partial charge in [-0.1, -0.05) is 6.92 Å². The van der Waals surface area contributed by atoms with Crippen LogP contribution in [0, 0.1) is 0 Å². The molecule has 0 amide bonds. The van der Waals surface area contributed by atoms with Crippen LogP contribution >= 0.6 is 11.3 Å². The highest BCUT2D eigenvalue weighted by Crippen LogP contribution is 2.17. The number of guanidine groups is 1. The molecule has 0 aliphatic carbocycles. The Morgan fingerprint density at radius 1 is 1.44 bits per heavy atom. The second kappa shape index (κ2) is 8.44. The van der Waals surface area contributed by atoms with Crippen LogP contribution in [-0.4, -0.2) is 40.9 Å². The predicted octanol–water partition coefficient (Wildman–Crippen LogP) is 1.73. The maximum absolute atomic E-state index is 5.12. The highest BCUT2D eigenvalue weighted by Gasteiger charge is 2.22. The number of thiophene rings is 1. The number of hydrogen-bond acceptors (Lipinski definition) is 5. The number of aliphatic imine (C=N–C) groups is 1. The first-order valence-electron chi connectivity index (χ1n) is 8.68. The SMILES string of the molecule is CCc1ccc(CNC(=NC)NC2CCc3nc(COC)nn3C2)s1. The minimum absolute atomic E-state index is 0.297. The molecule has 1 unspecified atom stereocenters. The van der Waals surface area contributed by atoms with E-state index in [1.807, 2.05) is 23.1 Å². The van der Waals surface area contributed by atoms with Gasteiger partial charge in [-0.15, -0.1) is 11.3 Å². The van der Waals surface area contributed by atoms with Crippen LogP contribution in [0.25, 0.3) is 0 Å². The zero-order valence-electron chi connectivity index (χ0n) is 15.1. The largest absolute Gasteiger partial charge is 0.377 e. The van der Waals surface area contributed by atoms with Crippen LogP contribution in [0.15, 0.2) is 17.1 Å². The standard InChI is InChI=1S/C17H26N6OS/c1-4-13-6-7-14(25-13)9-19-17(18-2)20-12-5-8-16-21-15(11-24-3)22-23(16)10-12/h6-7,12H,4-5,8-11H2,1-3H3,(H2,18,19,20). The molecule has 0 saturated carbocycles. The van der Waals surface area contributed by atoms with Crippen molar-refractivity contribution < 1.29 is 4.74 Å². The molecule has 0 bridgehead atoms. The number of ether oxygens (including phenoxy) is 1. The normalized spacial score (nSPS) is 17.4. The number of aryl methyl sites for hydroxylation is 2. The molecule has 1 atom stereocenters. The van der Waals surface area contributed by atoms with Gasteiger partial charge in [0.15, 0.2) is 11.8 Å². The van der Waals surface area contributed by atoms with Crippen LogP contribution in [0.2, 0.25) is 0 Å². The molecule has 0 radical (unpaired) electrons. The van der Waals surface area contributed by atoms with Crippen molar-refractivity contribution in [1.82, 2.24) is 25.4 Å². The van der Waals surface area contributed by atoms with E-state index in [4.69, 9.17) is 4.74 Å². The maximum atomic E-state index is 5.12. The molecule has 2 aromatic rings. The zero-order chi connectivity index (χ0) is 17.6. The van der Waals surface area contributed by atoms with Gasteiger partial charge < -0.3 is 15.4 Å². The minimum atomic E-state index is 0.297. The molecule has 0 spiro atoms. The van der Waals surface area contributed by atoms with E-state index in [2.05, 4.69) is 44.8 Å². The van der Waals surface area contributed by atoms with Crippen LogP contribution in [0.5, 0.6) is 0 Å². The first-order chi connectivity index (χ1) is 12.2. The highest BCUT2D eigenvalue weighted by atomic mass is 32.1. The molecule has 8 heteroatoms. The van der Waals surface area contributed by atoms with Gasteiger partial charge >= 0.3 is 0 Å². The molecule has 25 heavy (non-hydrogen) atoms. The fourth-order valence-corrected chi connectivity index (χ4v) is 3.83. The third-order valence-corrected chi connectivity index (χ3v) is 5.47. The van der Waals surface area contributed by atoms with Gasteiger partial charge in [0.25, 0.3) is 0 Å². The van der Waals surface area contributed by atoms with Crippen molar-refractivity contribution in [1.29, 1.82) is 0 Å². The monoisotopic (exact) mass is 362 g/mol. The Hall–Kier alpha value is -1.93. The third-order valence-electron chi connectivity index (χ3n) is 4.24. The van der Waals surface area contributed by atoms with Crippen molar-refractivity contribution in [3.8, 4) is 0 Å². The number of methoxy groups -OCH3 is 1. The van der Waals surface area contributed by atoms with Gasteiger partial charge in [-0.05, 0) is 25.0 Å². The topological polar surface area (TPSA) is 76.4 Å². The summed E-state index contributed by atoms with van der Waals surface area (Å²) < 4.78 is 7.10. The lowest BCUT2D eigenvalue weighted by Gasteiger charge is -2.25. The summed E-state index contributed by atoms with van der Waals surface area (Å²) in [4.78, 5) is 11.6. The van der Waals surface area contributed by atoms with Crippen LogP contribution < -0.4 is 10.6 Å². The van der Waals surface area contributed by atoms with Crippen LogP contribution in [0.1, 0.15) is 34.7 Å². The minimum Gasteiger partial charge on any atom is -0.377 e. The van der Waals surface area contributed by atoms with Gasteiger partial charge in [0, 0.05) is 36.4 Å². The fourth-order valence-electron chi connectivity index (χ4n) is 2.93. The average molecular weight is 363 g/mol. The number of nitrogens with zero attached hydrogens (tertiary/aromatic N) is 4. The van der Waals surface area contributed by atoms with E-state index in [0.717, 1.165) is 50.0 Å². The lowest BCUT2D eigenvalue weighted by molar-refractivity contribution is 0.177. The summed E-state index contributed by atoms with van der Waals surface area (Å²) in [5, 5.41) is 11.4. The third kappa shape index (κ3) is 4.58. The first kappa shape index (κ1) is 17.9. The van der Waals surface area contributed by atoms with Crippen molar-refractivity contribution in [3.05, 3.63) is 33.5 Å². The Morgan fingerprint density at radius 3 is 3.00 bits per heavy atom. The summed E-state index contributed by atoms with van der Waals surface area (Å²) >= 11 is 1.85. The molecule has 136 valence electrons. The summed E-state index contributed by atoms with van der Waals surface area (Å²) in [6.45, 7) is 4.24. The van der Waals surface area contributed by atoms with Crippen LogP contribution in [0.4, 0.5) is 0 Å². The summed E-state index contributed by atoms with van der Waals surface area (Å²) in [7, 11) is 3.47. The molecule has 0 fully saturated rings. The summed E-state index contributed by atoms with van der Waals surface area (Å²) in [5.74, 6) is 2.63. The molecule has 2 N–H and O–H groups in total. The maximum Gasteiger partial charge on any atom is 0.191 e. The second-order valence-corrected chi connectivity index (χ2v) is 7.34. The molecule has 0 aromatic carbocycles. The average Bonchev–Trinajstić information content (AvgIpc) is 3.24. The summed E-state index contributed by atoms with van der Waals surface area (Å²) in [6, 6.07) is 4.68. The molecular weight excluding hydrogens is 336 g/mol. The van der Waals surface area contributed by atoms with E-state index in [-0.39, 0.29) is 0 Å². The van der Waals surface area contributed by atoms with Crippen molar-refractivity contribution in [2.24, 2.45) is 4.99 Å². The van der Waals surface area contributed by atoms with Crippen molar-refractivity contribution >= 4 is 17.3 Å². The van der Waals surface area contributed by atoms with E-state index in [1.54, 1.807) is 7.11 Å². The highest BCUT2D eigenvalue weighted by molar-refractivity contribution is 7.11. The van der Waals surface area contributed by atoms with E-state index in [1.165, 1.54) is 9.75 Å². The Bertz CT molecular complexity index is 723. The predicted molar refractivity (Wildman–Crippen MR) is 99.9 cm³/mol. The Balaban J connectivity index is 1.53. The lowest BCUT2D eigenvalue weighted by Crippen LogP contribution is -2.46. The molecule has 1 aliphatic heterocycles. The van der Waals surface area contributed by atoms with Gasteiger partial charge in [-0.25, -0.2) is 9.67 Å². The zero-order valence-corrected chi connectivity index (χ0v) is 15.9. The number of rotatable bonds is 6. The quantitative estimate of drug-likeness (QED) is 0.605. The first-order valence-corrected chi connectivity index (χ1v) is 9.49. The number of fused-ring (bicyclic) bond motifs is 1. The molecule has 3 heterocycles. The van der Waals surface area contributed by atoms with Crippen molar-refractivity contribution in [2.75, 3.05) is 14.2 Å². The van der Waals surface area contributed by atoms with Gasteiger partial charge in [0.2, 0.25) is 0 Å². The van der Waals surface area contributed by atoms with Gasteiger partial charge in [0.1, 0.15) is 12.4 Å². The van der Waals surface area contributed by atoms with E-state index in [0.29, 0.717) is 12.6 Å². The Morgan fingerprint density at radius 2 is 2.28 bits per heavy atom. The van der Waals surface area contributed by atoms with E-state index < -0.39 is 0 Å². The summed E-state index contributed by atoms with van der Waals surface area (Å²) in [6.07, 6.45) is 3.02. The second-order valence-electron chi connectivity index (χ2n) is 6.09. The number of hydrogen-bond donors (Lipinski definition) is 2. The summed E-state index contributed by atoms with van der Waals surface area (Å²) in [5.41, 5.74) is 0. The van der Waals surface area contributed by atoms with E-state index >= 15 is 0 Å². The van der Waals surface area contributed by atoms with Crippen LogP contribution in [-0.2, 0) is 37.3 Å². The van der Waals surface area contributed by atoms with Gasteiger partial charge in [-0.2, -0.15) is 5.10 Å². The van der Waals surface area contributed by atoms with Crippen molar-refractivity contribution in [2.45, 2.75) is 51.9 Å². The fraction of sp³-hybridized carbons (Fsp3) is 0.588. The molecule has 1 aliphatic rings. The lowest BCUT2D eigenvalue weighted by atomic mass is 10.1. The molecule has 3 rings (SSSR count). The Kier molecular flexibility index (Phi) is 6.04. The molecule has 7 nitrogen and oxygen atoms in total. The molecular formula is C17H26N6OS. The molecule has 0 saturated heterocycles. The van der Waals surface area contributed by atoms with Crippen molar-refractivity contribution in [3.63, 3.8) is 0 Å². The van der Waals surface area contributed by atoms with Gasteiger partial charge in [0.05, 0.1) is 13.1 Å².